The highest BCUT2D eigenvalue weighted by Gasteiger charge is 2.07. The van der Waals surface area contributed by atoms with E-state index in [1.54, 1.807) is 31.4 Å². The minimum atomic E-state index is -0.404. The van der Waals surface area contributed by atoms with E-state index in [0.717, 1.165) is 11.1 Å². The highest BCUT2D eigenvalue weighted by atomic mass is 19.1. The number of hydrogen-bond donors (Lipinski definition) is 0. The molecule has 0 N–H and O–H groups in total. The topological polar surface area (TPSA) is 35.5 Å². The van der Waals surface area contributed by atoms with Crippen molar-refractivity contribution >= 4 is 5.97 Å². The summed E-state index contributed by atoms with van der Waals surface area (Å²) in [5.74, 6) is -0.716. The second-order valence-electron chi connectivity index (χ2n) is 4.33. The molecule has 0 radical (unpaired) electrons. The van der Waals surface area contributed by atoms with Gasteiger partial charge in [-0.15, -0.1) is 0 Å². The molecule has 0 saturated carbocycles. The standard InChI is InChI=1S/C16H15FO3/c1-19-10-12-2-6-14(7-3-12)16(18)20-11-13-4-8-15(17)9-5-13/h2-9H,10-11H2,1H3. The average molecular weight is 274 g/mol. The van der Waals surface area contributed by atoms with Crippen molar-refractivity contribution in [2.24, 2.45) is 0 Å². The van der Waals surface area contributed by atoms with E-state index in [9.17, 15) is 9.18 Å². The molecule has 0 heterocycles. The van der Waals surface area contributed by atoms with Gasteiger partial charge in [0.2, 0.25) is 0 Å². The molecule has 2 aromatic carbocycles. The zero-order valence-corrected chi connectivity index (χ0v) is 11.1. The first-order valence-electron chi connectivity index (χ1n) is 6.18. The second kappa shape index (κ2) is 6.82. The van der Waals surface area contributed by atoms with Crippen LogP contribution < -0.4 is 0 Å². The zero-order valence-electron chi connectivity index (χ0n) is 11.1. The number of carbonyl (C=O) groups excluding carboxylic acids is 1. The lowest BCUT2D eigenvalue weighted by Gasteiger charge is -2.06. The Bertz CT molecular complexity index is 561. The van der Waals surface area contributed by atoms with Crippen LogP contribution in [0.15, 0.2) is 48.5 Å². The summed E-state index contributed by atoms with van der Waals surface area (Å²) in [5, 5.41) is 0. The van der Waals surface area contributed by atoms with Gasteiger partial charge in [-0.1, -0.05) is 24.3 Å². The van der Waals surface area contributed by atoms with Gasteiger partial charge in [-0.2, -0.15) is 0 Å². The van der Waals surface area contributed by atoms with E-state index in [2.05, 4.69) is 0 Å². The van der Waals surface area contributed by atoms with Crippen LogP contribution >= 0.6 is 0 Å². The van der Waals surface area contributed by atoms with Crippen LogP contribution in [-0.4, -0.2) is 13.1 Å². The van der Waals surface area contributed by atoms with Gasteiger partial charge in [0, 0.05) is 7.11 Å². The van der Waals surface area contributed by atoms with Gasteiger partial charge in [0.1, 0.15) is 12.4 Å². The third-order valence-electron chi connectivity index (χ3n) is 2.78. The Labute approximate surface area is 117 Å². The lowest BCUT2D eigenvalue weighted by molar-refractivity contribution is 0.0472. The maximum atomic E-state index is 12.7. The third kappa shape index (κ3) is 3.90. The monoisotopic (exact) mass is 274 g/mol. The molecule has 0 atom stereocenters. The van der Waals surface area contributed by atoms with Gasteiger partial charge in [-0.05, 0) is 35.4 Å². The van der Waals surface area contributed by atoms with Crippen LogP contribution in [0.25, 0.3) is 0 Å². The smallest absolute Gasteiger partial charge is 0.338 e. The number of ether oxygens (including phenoxy) is 2. The lowest BCUT2D eigenvalue weighted by Crippen LogP contribution is -2.05. The molecule has 0 aliphatic heterocycles. The van der Waals surface area contributed by atoms with Crippen LogP contribution in [0.3, 0.4) is 0 Å². The molecule has 0 saturated heterocycles. The van der Waals surface area contributed by atoms with Crippen molar-refractivity contribution in [1.82, 2.24) is 0 Å². The Morgan fingerprint density at radius 2 is 1.50 bits per heavy atom. The van der Waals surface area contributed by atoms with Crippen LogP contribution in [-0.2, 0) is 22.7 Å². The molecule has 0 aliphatic carbocycles. The average Bonchev–Trinajstić information content (AvgIpc) is 2.47. The molecule has 3 nitrogen and oxygen atoms in total. The molecule has 0 bridgehead atoms. The molecule has 0 fully saturated rings. The van der Waals surface area contributed by atoms with Crippen LogP contribution in [0, 0.1) is 5.82 Å². The number of benzene rings is 2. The third-order valence-corrected chi connectivity index (χ3v) is 2.78. The predicted molar refractivity (Wildman–Crippen MR) is 72.7 cm³/mol. The van der Waals surface area contributed by atoms with Crippen molar-refractivity contribution in [1.29, 1.82) is 0 Å². The number of halogens is 1. The SMILES string of the molecule is COCc1ccc(C(=O)OCc2ccc(F)cc2)cc1. The summed E-state index contributed by atoms with van der Waals surface area (Å²) in [6.07, 6.45) is 0. The molecule has 0 aromatic heterocycles. The Balaban J connectivity index is 1.92. The summed E-state index contributed by atoms with van der Waals surface area (Å²) < 4.78 is 22.9. The number of hydrogen-bond acceptors (Lipinski definition) is 3. The number of rotatable bonds is 5. The molecule has 104 valence electrons. The molecule has 2 aromatic rings. The highest BCUT2D eigenvalue weighted by Crippen LogP contribution is 2.09. The van der Waals surface area contributed by atoms with Crippen LogP contribution in [0.2, 0.25) is 0 Å². The van der Waals surface area contributed by atoms with Crippen molar-refractivity contribution in [3.8, 4) is 0 Å². The van der Waals surface area contributed by atoms with Crippen molar-refractivity contribution in [2.45, 2.75) is 13.2 Å². The molecular formula is C16H15FO3. The highest BCUT2D eigenvalue weighted by molar-refractivity contribution is 5.89. The Kier molecular flexibility index (Phi) is 4.85. The summed E-state index contributed by atoms with van der Waals surface area (Å²) in [5.41, 5.74) is 2.21. The fourth-order valence-corrected chi connectivity index (χ4v) is 1.72. The van der Waals surface area contributed by atoms with Gasteiger partial charge in [0.25, 0.3) is 0 Å². The first-order valence-corrected chi connectivity index (χ1v) is 6.18. The predicted octanol–water partition coefficient (Wildman–Crippen LogP) is 3.33. The molecule has 0 aliphatic rings. The van der Waals surface area contributed by atoms with Crippen molar-refractivity contribution in [3.05, 3.63) is 71.0 Å². The van der Waals surface area contributed by atoms with E-state index >= 15 is 0 Å². The maximum absolute atomic E-state index is 12.7. The van der Waals surface area contributed by atoms with Gasteiger partial charge in [-0.3, -0.25) is 0 Å². The minimum absolute atomic E-state index is 0.124. The summed E-state index contributed by atoms with van der Waals surface area (Å²) in [4.78, 5) is 11.8. The molecule has 0 spiro atoms. The molecule has 0 amide bonds. The summed E-state index contributed by atoms with van der Waals surface area (Å²) in [6, 6.07) is 12.9. The van der Waals surface area contributed by atoms with E-state index in [4.69, 9.17) is 9.47 Å². The molecule has 20 heavy (non-hydrogen) atoms. The Hall–Kier alpha value is -2.20. The lowest BCUT2D eigenvalue weighted by atomic mass is 10.1. The number of esters is 1. The van der Waals surface area contributed by atoms with E-state index in [0.29, 0.717) is 12.2 Å². The normalized spacial score (nSPS) is 10.3. The van der Waals surface area contributed by atoms with Gasteiger partial charge < -0.3 is 9.47 Å². The van der Waals surface area contributed by atoms with Crippen molar-refractivity contribution < 1.29 is 18.7 Å². The van der Waals surface area contributed by atoms with E-state index < -0.39 is 5.97 Å². The largest absolute Gasteiger partial charge is 0.457 e. The van der Waals surface area contributed by atoms with Crippen LogP contribution in [0.1, 0.15) is 21.5 Å². The van der Waals surface area contributed by atoms with Gasteiger partial charge in [0.05, 0.1) is 12.2 Å². The second-order valence-corrected chi connectivity index (χ2v) is 4.33. The Morgan fingerprint density at radius 3 is 2.10 bits per heavy atom. The van der Waals surface area contributed by atoms with Crippen molar-refractivity contribution in [2.75, 3.05) is 7.11 Å². The fourth-order valence-electron chi connectivity index (χ4n) is 1.72. The summed E-state index contributed by atoms with van der Waals surface area (Å²) in [7, 11) is 1.62. The van der Waals surface area contributed by atoms with Gasteiger partial charge in [0.15, 0.2) is 0 Å². The minimum Gasteiger partial charge on any atom is -0.457 e. The van der Waals surface area contributed by atoms with E-state index in [-0.39, 0.29) is 12.4 Å². The fraction of sp³-hybridized carbons (Fsp3) is 0.188. The molecule has 4 heteroatoms. The summed E-state index contributed by atoms with van der Waals surface area (Å²) >= 11 is 0. The van der Waals surface area contributed by atoms with Gasteiger partial charge >= 0.3 is 5.97 Å². The number of methoxy groups -OCH3 is 1. The van der Waals surface area contributed by atoms with Crippen LogP contribution in [0.4, 0.5) is 4.39 Å². The molecule has 2 rings (SSSR count). The van der Waals surface area contributed by atoms with Crippen LogP contribution in [0.5, 0.6) is 0 Å². The Morgan fingerprint density at radius 1 is 0.950 bits per heavy atom. The van der Waals surface area contributed by atoms with Gasteiger partial charge in [-0.25, -0.2) is 9.18 Å². The maximum Gasteiger partial charge on any atom is 0.338 e. The molecular weight excluding hydrogens is 259 g/mol. The van der Waals surface area contributed by atoms with E-state index in [1.807, 2.05) is 12.1 Å². The first-order chi connectivity index (χ1) is 9.69. The quantitative estimate of drug-likeness (QED) is 0.784. The first kappa shape index (κ1) is 14.2. The van der Waals surface area contributed by atoms with E-state index in [1.165, 1.54) is 12.1 Å². The van der Waals surface area contributed by atoms with Crippen molar-refractivity contribution in [3.63, 3.8) is 0 Å². The summed E-state index contributed by atoms with van der Waals surface area (Å²) in [6.45, 7) is 0.629. The number of carbonyl (C=O) groups is 1. The molecule has 0 unspecified atom stereocenters. The zero-order chi connectivity index (χ0) is 14.4.